The smallest absolute Gasteiger partial charge is 0.337 e. The maximum Gasteiger partial charge on any atom is 0.337 e. The Balaban J connectivity index is 1.62. The lowest BCUT2D eigenvalue weighted by Gasteiger charge is -2.10. The van der Waals surface area contributed by atoms with Crippen LogP contribution >= 0.6 is 0 Å². The number of aromatic nitrogens is 2. The third-order valence-electron chi connectivity index (χ3n) is 4.20. The Bertz CT molecular complexity index is 1010. The standard InChI is InChI=1S/C22H21N3O5/c1-29-19-12-17(21(26)24-18-10-9-16(14-23-18)22(27)28)13-20(25-19)30-11-5-8-15-6-3-2-4-7-15/h2-4,6-7,9-10,12-14H,5,8,11H2,1H3,(H,27,28)(H,23,24,26). The molecule has 0 aliphatic carbocycles. The fourth-order valence-electron chi connectivity index (χ4n) is 2.67. The second-order valence-electron chi connectivity index (χ2n) is 6.37. The molecule has 2 heterocycles. The largest absolute Gasteiger partial charge is 0.481 e. The molecule has 0 atom stereocenters. The van der Waals surface area contributed by atoms with Gasteiger partial charge in [0.25, 0.3) is 5.91 Å². The molecule has 0 aliphatic rings. The minimum absolute atomic E-state index is 0.0322. The number of amides is 1. The highest BCUT2D eigenvalue weighted by Gasteiger charge is 2.13. The van der Waals surface area contributed by atoms with Crippen LogP contribution in [-0.2, 0) is 6.42 Å². The Morgan fingerprint density at radius 1 is 1.03 bits per heavy atom. The van der Waals surface area contributed by atoms with Crippen molar-refractivity contribution < 1.29 is 24.2 Å². The van der Waals surface area contributed by atoms with Crippen molar-refractivity contribution in [3.8, 4) is 11.8 Å². The van der Waals surface area contributed by atoms with Gasteiger partial charge in [-0.2, -0.15) is 4.98 Å². The van der Waals surface area contributed by atoms with Gasteiger partial charge in [-0.3, -0.25) is 4.79 Å². The molecule has 0 spiro atoms. The van der Waals surface area contributed by atoms with E-state index in [1.807, 2.05) is 18.2 Å². The Morgan fingerprint density at radius 2 is 1.80 bits per heavy atom. The summed E-state index contributed by atoms with van der Waals surface area (Å²) in [5, 5.41) is 11.5. The quantitative estimate of drug-likeness (QED) is 0.523. The Hall–Kier alpha value is -3.94. The molecular weight excluding hydrogens is 386 g/mol. The Morgan fingerprint density at radius 3 is 2.47 bits per heavy atom. The molecule has 0 aliphatic heterocycles. The predicted molar refractivity (Wildman–Crippen MR) is 110 cm³/mol. The van der Waals surface area contributed by atoms with Crippen LogP contribution in [0.1, 0.15) is 32.7 Å². The number of benzene rings is 1. The van der Waals surface area contributed by atoms with Crippen molar-refractivity contribution in [1.29, 1.82) is 0 Å². The molecule has 1 aromatic carbocycles. The zero-order valence-electron chi connectivity index (χ0n) is 16.4. The second-order valence-corrected chi connectivity index (χ2v) is 6.37. The first-order valence-corrected chi connectivity index (χ1v) is 9.28. The number of nitrogens with one attached hydrogen (secondary N) is 1. The minimum Gasteiger partial charge on any atom is -0.481 e. The van der Waals surface area contributed by atoms with E-state index >= 15 is 0 Å². The van der Waals surface area contributed by atoms with Crippen LogP contribution in [0.2, 0.25) is 0 Å². The number of ether oxygens (including phenoxy) is 2. The molecule has 8 nitrogen and oxygen atoms in total. The molecule has 0 unspecified atom stereocenters. The molecule has 2 aromatic heterocycles. The van der Waals surface area contributed by atoms with Gasteiger partial charge in [0.15, 0.2) is 0 Å². The van der Waals surface area contributed by atoms with Crippen molar-refractivity contribution in [3.05, 3.63) is 77.5 Å². The van der Waals surface area contributed by atoms with Crippen LogP contribution in [0.25, 0.3) is 0 Å². The lowest BCUT2D eigenvalue weighted by Crippen LogP contribution is -2.14. The van der Waals surface area contributed by atoms with Crippen LogP contribution < -0.4 is 14.8 Å². The van der Waals surface area contributed by atoms with E-state index in [4.69, 9.17) is 14.6 Å². The molecule has 3 aromatic rings. The van der Waals surface area contributed by atoms with Crippen molar-refractivity contribution >= 4 is 17.7 Å². The van der Waals surface area contributed by atoms with E-state index in [1.165, 1.54) is 43.1 Å². The van der Waals surface area contributed by atoms with Crippen LogP contribution in [0.5, 0.6) is 11.8 Å². The van der Waals surface area contributed by atoms with Gasteiger partial charge in [0.05, 0.1) is 24.8 Å². The van der Waals surface area contributed by atoms with E-state index < -0.39 is 11.9 Å². The Kier molecular flexibility index (Phi) is 6.94. The van der Waals surface area contributed by atoms with E-state index in [2.05, 4.69) is 27.4 Å². The second kappa shape index (κ2) is 10.0. The summed E-state index contributed by atoms with van der Waals surface area (Å²) in [5.74, 6) is -0.781. The zero-order valence-corrected chi connectivity index (χ0v) is 16.4. The predicted octanol–water partition coefficient (Wildman–Crippen LogP) is 3.45. The van der Waals surface area contributed by atoms with E-state index in [-0.39, 0.29) is 28.7 Å². The van der Waals surface area contributed by atoms with Gasteiger partial charge >= 0.3 is 5.97 Å². The van der Waals surface area contributed by atoms with Crippen molar-refractivity contribution in [2.75, 3.05) is 19.0 Å². The van der Waals surface area contributed by atoms with E-state index in [9.17, 15) is 9.59 Å². The molecule has 0 bridgehead atoms. The molecule has 2 N–H and O–H groups in total. The van der Waals surface area contributed by atoms with Crippen LogP contribution in [0.15, 0.2) is 60.8 Å². The summed E-state index contributed by atoms with van der Waals surface area (Å²) in [5.41, 5.74) is 1.54. The number of pyridine rings is 2. The van der Waals surface area contributed by atoms with Crippen LogP contribution in [0, 0.1) is 0 Å². The van der Waals surface area contributed by atoms with Crippen molar-refractivity contribution in [3.63, 3.8) is 0 Å². The topological polar surface area (TPSA) is 111 Å². The number of aromatic carboxylic acids is 1. The van der Waals surface area contributed by atoms with E-state index in [1.54, 1.807) is 0 Å². The molecule has 8 heteroatoms. The number of methoxy groups -OCH3 is 1. The summed E-state index contributed by atoms with van der Waals surface area (Å²) < 4.78 is 10.9. The number of hydrogen-bond donors (Lipinski definition) is 2. The number of hydrogen-bond acceptors (Lipinski definition) is 6. The minimum atomic E-state index is -1.09. The highest BCUT2D eigenvalue weighted by molar-refractivity contribution is 6.04. The molecule has 1 amide bonds. The van der Waals surface area contributed by atoms with Crippen molar-refractivity contribution in [2.45, 2.75) is 12.8 Å². The first-order chi connectivity index (χ1) is 14.5. The molecule has 30 heavy (non-hydrogen) atoms. The molecule has 0 saturated carbocycles. The lowest BCUT2D eigenvalue weighted by molar-refractivity contribution is 0.0696. The van der Waals surface area contributed by atoms with Crippen molar-refractivity contribution in [2.24, 2.45) is 0 Å². The van der Waals surface area contributed by atoms with Gasteiger partial charge in [-0.15, -0.1) is 0 Å². The zero-order chi connectivity index (χ0) is 21.3. The highest BCUT2D eigenvalue weighted by atomic mass is 16.5. The number of aryl methyl sites for hydroxylation is 1. The molecular formula is C22H21N3O5. The average Bonchev–Trinajstić information content (AvgIpc) is 2.77. The van der Waals surface area contributed by atoms with Crippen molar-refractivity contribution in [1.82, 2.24) is 9.97 Å². The number of nitrogens with zero attached hydrogens (tertiary/aromatic N) is 2. The molecule has 154 valence electrons. The third-order valence-corrected chi connectivity index (χ3v) is 4.20. The van der Waals surface area contributed by atoms with Crippen LogP contribution in [0.3, 0.4) is 0 Å². The summed E-state index contributed by atoms with van der Waals surface area (Å²) in [7, 11) is 1.45. The molecule has 0 saturated heterocycles. The number of carboxylic acid groups (broad SMARTS) is 1. The summed E-state index contributed by atoms with van der Waals surface area (Å²) in [6.45, 7) is 0.439. The summed E-state index contributed by atoms with van der Waals surface area (Å²) in [4.78, 5) is 31.6. The SMILES string of the molecule is COc1cc(C(=O)Nc2ccc(C(=O)O)cn2)cc(OCCCc2ccccc2)n1. The van der Waals surface area contributed by atoms with Gasteiger partial charge in [0.2, 0.25) is 11.8 Å². The number of anilines is 1. The molecule has 3 rings (SSSR count). The maximum absolute atomic E-state index is 12.6. The Labute approximate surface area is 173 Å². The van der Waals surface area contributed by atoms with Gasteiger partial charge in [-0.25, -0.2) is 9.78 Å². The van der Waals surface area contributed by atoms with Gasteiger partial charge < -0.3 is 19.9 Å². The summed E-state index contributed by atoms with van der Waals surface area (Å²) in [6.07, 6.45) is 2.84. The van der Waals surface area contributed by atoms with Crippen LogP contribution in [-0.4, -0.2) is 40.7 Å². The third kappa shape index (κ3) is 5.78. The first-order valence-electron chi connectivity index (χ1n) is 9.28. The highest BCUT2D eigenvalue weighted by Crippen LogP contribution is 2.19. The first kappa shape index (κ1) is 20.8. The average molecular weight is 407 g/mol. The monoisotopic (exact) mass is 407 g/mol. The molecule has 0 radical (unpaired) electrons. The molecule has 0 fully saturated rings. The van der Waals surface area contributed by atoms with E-state index in [0.717, 1.165) is 12.8 Å². The summed E-state index contributed by atoms with van der Waals surface area (Å²) in [6, 6.07) is 15.9. The summed E-state index contributed by atoms with van der Waals surface area (Å²) >= 11 is 0. The fourth-order valence-corrected chi connectivity index (χ4v) is 2.67. The number of carboxylic acids is 1. The number of carbonyl (C=O) groups is 2. The normalized spacial score (nSPS) is 10.3. The number of carbonyl (C=O) groups excluding carboxylic acids is 1. The number of rotatable bonds is 9. The van der Waals surface area contributed by atoms with Gasteiger partial charge in [0.1, 0.15) is 5.82 Å². The maximum atomic E-state index is 12.6. The van der Waals surface area contributed by atoms with Gasteiger partial charge in [0, 0.05) is 18.3 Å². The van der Waals surface area contributed by atoms with Crippen LogP contribution in [0.4, 0.5) is 5.82 Å². The van der Waals surface area contributed by atoms with Gasteiger partial charge in [-0.05, 0) is 30.5 Å². The fraction of sp³-hybridized carbons (Fsp3) is 0.182. The lowest BCUT2D eigenvalue weighted by atomic mass is 10.1. The van der Waals surface area contributed by atoms with E-state index in [0.29, 0.717) is 6.61 Å². The van der Waals surface area contributed by atoms with Gasteiger partial charge in [-0.1, -0.05) is 30.3 Å².